The van der Waals surface area contributed by atoms with Crippen molar-refractivity contribution in [1.29, 1.82) is 0 Å². The van der Waals surface area contributed by atoms with Crippen molar-refractivity contribution >= 4 is 17.8 Å². The minimum Gasteiger partial charge on any atom is -0.475 e. The van der Waals surface area contributed by atoms with Crippen molar-refractivity contribution in [2.24, 2.45) is 5.73 Å². The van der Waals surface area contributed by atoms with Crippen molar-refractivity contribution in [3.05, 3.63) is 0 Å². The van der Waals surface area contributed by atoms with Crippen LogP contribution in [0.5, 0.6) is 0 Å². The van der Waals surface area contributed by atoms with E-state index in [-0.39, 0.29) is 11.9 Å². The van der Waals surface area contributed by atoms with E-state index < -0.39 is 24.3 Å². The number of carbonyl (C=O) groups is 3. The van der Waals surface area contributed by atoms with Crippen LogP contribution < -0.4 is 11.1 Å². The molecule has 21 heavy (non-hydrogen) atoms. The molecule has 0 aliphatic rings. The summed E-state index contributed by atoms with van der Waals surface area (Å²) in [4.78, 5) is 27.9. The zero-order chi connectivity index (χ0) is 18.0. The normalized spacial score (nSPS) is 12.0. The Morgan fingerprint density at radius 2 is 1.14 bits per heavy atom. The largest absolute Gasteiger partial charge is 0.490 e. The third-order valence-electron chi connectivity index (χ3n) is 1.34. The zero-order valence-electron chi connectivity index (χ0n) is 10.5. The molecule has 0 fully saturated rings. The first kappa shape index (κ1) is 24.0. The summed E-state index contributed by atoms with van der Waals surface area (Å²) in [5.74, 6) is -5.83. The van der Waals surface area contributed by atoms with Crippen LogP contribution in [0, 0.1) is 0 Å². The molecule has 0 aromatic rings. The molecular weight excluding hydrogens is 318 g/mol. The molecule has 0 aromatic carbocycles. The fourth-order valence-corrected chi connectivity index (χ4v) is 0.142. The first-order valence-electron chi connectivity index (χ1n) is 4.64. The van der Waals surface area contributed by atoms with Gasteiger partial charge in [-0.2, -0.15) is 26.3 Å². The van der Waals surface area contributed by atoms with Gasteiger partial charge < -0.3 is 21.3 Å². The van der Waals surface area contributed by atoms with Gasteiger partial charge in [-0.25, -0.2) is 9.59 Å². The third-order valence-corrected chi connectivity index (χ3v) is 1.34. The summed E-state index contributed by atoms with van der Waals surface area (Å²) in [5, 5.41) is 16.9. The van der Waals surface area contributed by atoms with Gasteiger partial charge in [0.1, 0.15) is 0 Å². The Morgan fingerprint density at radius 3 is 1.14 bits per heavy atom. The molecule has 5 N–H and O–H groups in total. The van der Waals surface area contributed by atoms with Crippen LogP contribution in [0.25, 0.3) is 0 Å². The van der Waals surface area contributed by atoms with E-state index in [1.807, 2.05) is 0 Å². The van der Waals surface area contributed by atoms with Gasteiger partial charge in [-0.05, 0) is 14.0 Å². The van der Waals surface area contributed by atoms with E-state index in [4.69, 9.17) is 25.5 Å². The van der Waals surface area contributed by atoms with Gasteiger partial charge in [-0.1, -0.05) is 0 Å². The van der Waals surface area contributed by atoms with Crippen LogP contribution in [0.2, 0.25) is 0 Å². The maximum atomic E-state index is 10.6. The fraction of sp³-hybridized carbons (Fsp3) is 0.625. The molecular formula is C8H12F6N2O5. The highest BCUT2D eigenvalue weighted by atomic mass is 19.4. The number of carboxylic acid groups (broad SMARTS) is 2. The summed E-state index contributed by atoms with van der Waals surface area (Å²) >= 11 is 0. The van der Waals surface area contributed by atoms with Gasteiger partial charge >= 0.3 is 24.3 Å². The predicted molar refractivity (Wildman–Crippen MR) is 55.1 cm³/mol. The number of nitrogens with one attached hydrogen (secondary N) is 1. The monoisotopic (exact) mass is 330 g/mol. The number of halogens is 6. The SMILES string of the molecule is CNC(C)C(N)=O.O=C(O)C(F)(F)F.O=C(O)C(F)(F)F. The topological polar surface area (TPSA) is 130 Å². The molecule has 0 spiro atoms. The molecule has 126 valence electrons. The van der Waals surface area contributed by atoms with Crippen molar-refractivity contribution in [1.82, 2.24) is 5.32 Å². The fourth-order valence-electron chi connectivity index (χ4n) is 0.142. The number of carboxylic acids is 2. The molecule has 13 heteroatoms. The molecule has 0 rings (SSSR count). The highest BCUT2D eigenvalue weighted by Crippen LogP contribution is 2.13. The van der Waals surface area contributed by atoms with Crippen molar-refractivity contribution in [2.75, 3.05) is 7.05 Å². The number of aliphatic carboxylic acids is 2. The molecule has 0 saturated heterocycles. The number of alkyl halides is 6. The van der Waals surface area contributed by atoms with E-state index in [1.165, 1.54) is 0 Å². The van der Waals surface area contributed by atoms with Crippen LogP contribution in [0.15, 0.2) is 0 Å². The van der Waals surface area contributed by atoms with Gasteiger partial charge in [0.25, 0.3) is 0 Å². The molecule has 0 radical (unpaired) electrons. The standard InChI is InChI=1S/C4H10N2O.2C2HF3O2/c1-3(6-2)4(5)7;2*3-2(4,5)1(6)7/h3,6H,1-2H3,(H2,5,7);2*(H,6,7). The van der Waals surface area contributed by atoms with E-state index in [9.17, 15) is 31.1 Å². The second-order valence-electron chi connectivity index (χ2n) is 3.02. The Bertz CT molecular complexity index is 330. The van der Waals surface area contributed by atoms with Crippen LogP contribution in [0.1, 0.15) is 6.92 Å². The molecule has 0 bridgehead atoms. The quantitative estimate of drug-likeness (QED) is 0.541. The minimum absolute atomic E-state index is 0.208. The van der Waals surface area contributed by atoms with Crippen LogP contribution in [-0.4, -0.2) is 53.5 Å². The lowest BCUT2D eigenvalue weighted by Crippen LogP contribution is -2.36. The van der Waals surface area contributed by atoms with E-state index >= 15 is 0 Å². The van der Waals surface area contributed by atoms with Crippen LogP contribution in [-0.2, 0) is 14.4 Å². The Labute approximate surface area is 113 Å². The molecule has 1 atom stereocenters. The average Bonchev–Trinajstić information content (AvgIpc) is 2.26. The van der Waals surface area contributed by atoms with Crippen LogP contribution in [0.4, 0.5) is 26.3 Å². The van der Waals surface area contributed by atoms with Crippen molar-refractivity contribution in [3.8, 4) is 0 Å². The lowest BCUT2D eigenvalue weighted by molar-refractivity contribution is -0.193. The van der Waals surface area contributed by atoms with Gasteiger partial charge in [0, 0.05) is 0 Å². The summed E-state index contributed by atoms with van der Waals surface area (Å²) in [6, 6.07) is -0.208. The van der Waals surface area contributed by atoms with E-state index in [1.54, 1.807) is 14.0 Å². The molecule has 0 saturated carbocycles. The Kier molecular flexibility index (Phi) is 11.2. The maximum absolute atomic E-state index is 10.6. The van der Waals surface area contributed by atoms with Gasteiger partial charge in [0.2, 0.25) is 5.91 Å². The highest BCUT2D eigenvalue weighted by Gasteiger charge is 2.38. The lowest BCUT2D eigenvalue weighted by atomic mass is 10.3. The van der Waals surface area contributed by atoms with E-state index in [2.05, 4.69) is 5.32 Å². The lowest BCUT2D eigenvalue weighted by Gasteiger charge is -2.01. The third kappa shape index (κ3) is 17.9. The summed E-state index contributed by atoms with van der Waals surface area (Å²) < 4.78 is 63.5. The Balaban J connectivity index is -0.000000231. The summed E-state index contributed by atoms with van der Waals surface area (Å²) in [7, 11) is 1.69. The summed E-state index contributed by atoms with van der Waals surface area (Å²) in [5.41, 5.74) is 4.85. The predicted octanol–water partition coefficient (Wildman–Crippen LogP) is 0.346. The van der Waals surface area contributed by atoms with E-state index in [0.717, 1.165) is 0 Å². The minimum atomic E-state index is -5.08. The number of hydrogen-bond acceptors (Lipinski definition) is 4. The number of rotatable bonds is 2. The molecule has 0 aliphatic heterocycles. The molecule has 1 amide bonds. The zero-order valence-corrected chi connectivity index (χ0v) is 10.5. The summed E-state index contributed by atoms with van der Waals surface area (Å²) in [6.45, 7) is 1.71. The second-order valence-corrected chi connectivity index (χ2v) is 3.02. The number of nitrogens with two attached hydrogens (primary N) is 1. The number of likely N-dealkylation sites (N-methyl/N-ethyl adjacent to an activating group) is 1. The first-order chi connectivity index (χ1) is 9.07. The Hall–Kier alpha value is -2.05. The van der Waals surface area contributed by atoms with Gasteiger partial charge in [-0.15, -0.1) is 0 Å². The van der Waals surface area contributed by atoms with Gasteiger partial charge in [-0.3, -0.25) is 4.79 Å². The number of amides is 1. The average molecular weight is 330 g/mol. The first-order valence-corrected chi connectivity index (χ1v) is 4.64. The van der Waals surface area contributed by atoms with Crippen molar-refractivity contribution in [3.63, 3.8) is 0 Å². The maximum Gasteiger partial charge on any atom is 0.490 e. The van der Waals surface area contributed by atoms with Crippen molar-refractivity contribution < 1.29 is 50.9 Å². The highest BCUT2D eigenvalue weighted by molar-refractivity contribution is 5.79. The van der Waals surface area contributed by atoms with Gasteiger partial charge in [0.05, 0.1) is 6.04 Å². The number of hydrogen-bond donors (Lipinski definition) is 4. The van der Waals surface area contributed by atoms with Crippen molar-refractivity contribution in [2.45, 2.75) is 25.3 Å². The smallest absolute Gasteiger partial charge is 0.475 e. The van der Waals surface area contributed by atoms with Crippen LogP contribution >= 0.6 is 0 Å². The summed E-state index contributed by atoms with van der Waals surface area (Å²) in [6.07, 6.45) is -10.2. The number of carbonyl (C=O) groups excluding carboxylic acids is 1. The molecule has 7 nitrogen and oxygen atoms in total. The molecule has 0 aromatic heterocycles. The molecule has 0 aliphatic carbocycles. The molecule has 1 unspecified atom stereocenters. The van der Waals surface area contributed by atoms with E-state index in [0.29, 0.717) is 0 Å². The van der Waals surface area contributed by atoms with Crippen LogP contribution in [0.3, 0.4) is 0 Å². The van der Waals surface area contributed by atoms with Gasteiger partial charge in [0.15, 0.2) is 0 Å². The molecule has 0 heterocycles. The second kappa shape index (κ2) is 9.79. The number of primary amides is 1. The Morgan fingerprint density at radius 1 is 0.952 bits per heavy atom.